The third kappa shape index (κ3) is 1.62. The molecule has 0 aliphatic heterocycles. The van der Waals surface area contributed by atoms with Crippen LogP contribution in [0.15, 0.2) is 6.20 Å². The van der Waals surface area contributed by atoms with E-state index in [1.54, 1.807) is 6.20 Å². The van der Waals surface area contributed by atoms with Gasteiger partial charge in [-0.15, -0.1) is 0 Å². The summed E-state index contributed by atoms with van der Waals surface area (Å²) in [6.45, 7) is 2.12. The average Bonchev–Trinajstić information content (AvgIpc) is 2.38. The van der Waals surface area contributed by atoms with Gasteiger partial charge in [0.2, 0.25) is 0 Å². The fourth-order valence-electron chi connectivity index (χ4n) is 1.35. The zero-order valence-electron chi connectivity index (χ0n) is 7.63. The molecule has 0 aromatic carbocycles. The molecule has 0 aliphatic rings. The second kappa shape index (κ2) is 3.92. The van der Waals surface area contributed by atoms with Gasteiger partial charge in [0, 0.05) is 7.05 Å². The fraction of sp³-hybridized carbons (Fsp3) is 0.625. The van der Waals surface area contributed by atoms with Crippen LogP contribution in [0.3, 0.4) is 0 Å². The molecule has 1 N–H and O–H groups in total. The molecule has 68 valence electrons. The van der Waals surface area contributed by atoms with Crippen molar-refractivity contribution in [2.75, 3.05) is 7.05 Å². The van der Waals surface area contributed by atoms with Crippen LogP contribution in [0, 0.1) is 0 Å². The number of halogens is 1. The first-order valence-corrected chi connectivity index (χ1v) is 4.43. The third-order valence-electron chi connectivity index (χ3n) is 2.02. The zero-order valence-corrected chi connectivity index (χ0v) is 8.39. The molecule has 0 radical (unpaired) electrons. The molecular formula is C8H14ClN3. The van der Waals surface area contributed by atoms with Crippen LogP contribution in [0.4, 0.5) is 0 Å². The highest BCUT2D eigenvalue weighted by atomic mass is 35.5. The summed E-state index contributed by atoms with van der Waals surface area (Å²) in [5.41, 5.74) is 1.06. The Morgan fingerprint density at radius 1 is 1.75 bits per heavy atom. The lowest BCUT2D eigenvalue weighted by atomic mass is 10.1. The summed E-state index contributed by atoms with van der Waals surface area (Å²) in [6.07, 6.45) is 2.69. The van der Waals surface area contributed by atoms with Crippen LogP contribution < -0.4 is 5.32 Å². The molecule has 1 unspecified atom stereocenters. The Morgan fingerprint density at radius 2 is 2.42 bits per heavy atom. The summed E-state index contributed by atoms with van der Waals surface area (Å²) >= 11 is 5.97. The Hall–Kier alpha value is -0.540. The Bertz CT molecular complexity index is 233. The van der Waals surface area contributed by atoms with Crippen molar-refractivity contribution in [1.29, 1.82) is 0 Å². The van der Waals surface area contributed by atoms with Crippen LogP contribution in [-0.4, -0.2) is 16.8 Å². The van der Waals surface area contributed by atoms with Gasteiger partial charge in [0.15, 0.2) is 0 Å². The number of hydrogen-bond donors (Lipinski definition) is 1. The van der Waals surface area contributed by atoms with Gasteiger partial charge in [-0.05, 0) is 13.5 Å². The minimum atomic E-state index is 0.296. The third-order valence-corrected chi connectivity index (χ3v) is 2.32. The van der Waals surface area contributed by atoms with Crippen molar-refractivity contribution < 1.29 is 0 Å². The Morgan fingerprint density at radius 3 is 2.75 bits per heavy atom. The zero-order chi connectivity index (χ0) is 9.14. The Labute approximate surface area is 77.7 Å². The minimum Gasteiger partial charge on any atom is -0.312 e. The molecule has 1 rings (SSSR count). The predicted octanol–water partition coefficient (Wildman–Crippen LogP) is 1.74. The van der Waals surface area contributed by atoms with Crippen LogP contribution in [-0.2, 0) is 7.05 Å². The molecule has 0 bridgehead atoms. The smallest absolute Gasteiger partial charge is 0.0833 e. The second-order valence-corrected chi connectivity index (χ2v) is 3.16. The maximum absolute atomic E-state index is 5.97. The fourth-order valence-corrected chi connectivity index (χ4v) is 1.64. The predicted molar refractivity (Wildman–Crippen MR) is 50.3 cm³/mol. The maximum Gasteiger partial charge on any atom is 0.0833 e. The first-order chi connectivity index (χ1) is 5.70. The molecule has 0 saturated heterocycles. The molecule has 0 saturated carbocycles. The van der Waals surface area contributed by atoms with Crippen molar-refractivity contribution in [2.45, 2.75) is 19.4 Å². The number of nitrogens with one attached hydrogen (secondary N) is 1. The lowest BCUT2D eigenvalue weighted by Gasteiger charge is -2.14. The summed E-state index contributed by atoms with van der Waals surface area (Å²) < 4.78 is 1.81. The highest BCUT2D eigenvalue weighted by Gasteiger charge is 2.14. The van der Waals surface area contributed by atoms with E-state index in [-0.39, 0.29) is 0 Å². The van der Waals surface area contributed by atoms with E-state index in [0.717, 1.165) is 17.1 Å². The maximum atomic E-state index is 5.97. The molecule has 4 heteroatoms. The van der Waals surface area contributed by atoms with Gasteiger partial charge in [0.05, 0.1) is 23.0 Å². The van der Waals surface area contributed by atoms with Crippen LogP contribution in [0.1, 0.15) is 25.1 Å². The number of nitrogens with zero attached hydrogens (tertiary/aromatic N) is 2. The van der Waals surface area contributed by atoms with E-state index in [2.05, 4.69) is 17.3 Å². The SMILES string of the molecule is CCC(NC)c1c(Cl)cnn1C. The Balaban J connectivity index is 2.98. The normalized spacial score (nSPS) is 13.3. The molecule has 1 atom stereocenters. The number of hydrogen-bond acceptors (Lipinski definition) is 2. The molecule has 0 fully saturated rings. The molecule has 1 aromatic rings. The van der Waals surface area contributed by atoms with E-state index >= 15 is 0 Å². The first-order valence-electron chi connectivity index (χ1n) is 4.05. The molecule has 12 heavy (non-hydrogen) atoms. The van der Waals surface area contributed by atoms with Gasteiger partial charge >= 0.3 is 0 Å². The quantitative estimate of drug-likeness (QED) is 0.782. The summed E-state index contributed by atoms with van der Waals surface area (Å²) in [5, 5.41) is 8.00. The second-order valence-electron chi connectivity index (χ2n) is 2.75. The highest BCUT2D eigenvalue weighted by molar-refractivity contribution is 6.31. The van der Waals surface area contributed by atoms with Crippen molar-refractivity contribution in [3.8, 4) is 0 Å². The molecule has 1 aromatic heterocycles. The molecule has 3 nitrogen and oxygen atoms in total. The van der Waals surface area contributed by atoms with Crippen LogP contribution >= 0.6 is 11.6 Å². The van der Waals surface area contributed by atoms with Crippen molar-refractivity contribution >= 4 is 11.6 Å². The standard InChI is InChI=1S/C8H14ClN3/c1-4-7(10-2)8-6(9)5-11-12(8)3/h5,7,10H,4H2,1-3H3. The topological polar surface area (TPSA) is 29.9 Å². The van der Waals surface area contributed by atoms with E-state index in [1.807, 2.05) is 18.8 Å². The number of aryl methyl sites for hydroxylation is 1. The van der Waals surface area contributed by atoms with E-state index in [9.17, 15) is 0 Å². The van der Waals surface area contributed by atoms with Crippen LogP contribution in [0.25, 0.3) is 0 Å². The summed E-state index contributed by atoms with van der Waals surface area (Å²) in [7, 11) is 3.83. The summed E-state index contributed by atoms with van der Waals surface area (Å²) in [6, 6.07) is 0.296. The van der Waals surface area contributed by atoms with Gasteiger partial charge < -0.3 is 5.32 Å². The van der Waals surface area contributed by atoms with Crippen LogP contribution in [0.2, 0.25) is 5.02 Å². The van der Waals surface area contributed by atoms with Gasteiger partial charge in [0.25, 0.3) is 0 Å². The van der Waals surface area contributed by atoms with Gasteiger partial charge in [-0.25, -0.2) is 0 Å². The largest absolute Gasteiger partial charge is 0.312 e. The van der Waals surface area contributed by atoms with Gasteiger partial charge in [-0.3, -0.25) is 4.68 Å². The average molecular weight is 188 g/mol. The molecular weight excluding hydrogens is 174 g/mol. The highest BCUT2D eigenvalue weighted by Crippen LogP contribution is 2.23. The van der Waals surface area contributed by atoms with E-state index in [4.69, 9.17) is 11.6 Å². The molecule has 0 spiro atoms. The van der Waals surface area contributed by atoms with Gasteiger partial charge in [0.1, 0.15) is 0 Å². The first kappa shape index (κ1) is 9.55. The van der Waals surface area contributed by atoms with E-state index in [1.165, 1.54) is 0 Å². The minimum absolute atomic E-state index is 0.296. The van der Waals surface area contributed by atoms with Crippen molar-refractivity contribution in [1.82, 2.24) is 15.1 Å². The van der Waals surface area contributed by atoms with E-state index in [0.29, 0.717) is 6.04 Å². The van der Waals surface area contributed by atoms with Crippen LogP contribution in [0.5, 0.6) is 0 Å². The monoisotopic (exact) mass is 187 g/mol. The van der Waals surface area contributed by atoms with E-state index < -0.39 is 0 Å². The summed E-state index contributed by atoms with van der Waals surface area (Å²) in [4.78, 5) is 0. The van der Waals surface area contributed by atoms with Crippen molar-refractivity contribution in [3.05, 3.63) is 16.9 Å². The van der Waals surface area contributed by atoms with Gasteiger partial charge in [-0.2, -0.15) is 5.10 Å². The Kier molecular flexibility index (Phi) is 3.12. The lowest BCUT2D eigenvalue weighted by molar-refractivity contribution is 0.526. The molecule has 0 amide bonds. The van der Waals surface area contributed by atoms with Crippen molar-refractivity contribution in [3.63, 3.8) is 0 Å². The molecule has 0 aliphatic carbocycles. The number of aromatic nitrogens is 2. The van der Waals surface area contributed by atoms with Crippen molar-refractivity contribution in [2.24, 2.45) is 7.05 Å². The number of rotatable bonds is 3. The lowest BCUT2D eigenvalue weighted by Crippen LogP contribution is -2.18. The van der Waals surface area contributed by atoms with Gasteiger partial charge in [-0.1, -0.05) is 18.5 Å². The molecule has 1 heterocycles. The summed E-state index contributed by atoms with van der Waals surface area (Å²) in [5.74, 6) is 0.